The van der Waals surface area contributed by atoms with Crippen molar-refractivity contribution >= 4 is 22.9 Å². The van der Waals surface area contributed by atoms with Gasteiger partial charge >= 0.3 is 11.8 Å². The molecule has 254 valence electrons. The number of nitrogens with zero attached hydrogens (tertiary/aromatic N) is 5. The summed E-state index contributed by atoms with van der Waals surface area (Å²) in [5, 5.41) is 8.19. The first kappa shape index (κ1) is 32.2. The van der Waals surface area contributed by atoms with Gasteiger partial charge < -0.3 is 24.4 Å². The molecule has 5 heterocycles. The van der Waals surface area contributed by atoms with Gasteiger partial charge in [0, 0.05) is 50.2 Å². The molecule has 2 aromatic carbocycles. The lowest BCUT2D eigenvalue weighted by molar-refractivity contribution is -0.142. The number of amides is 2. The fourth-order valence-electron chi connectivity index (χ4n) is 8.09. The summed E-state index contributed by atoms with van der Waals surface area (Å²) in [4.78, 5) is 49.6. The van der Waals surface area contributed by atoms with Crippen molar-refractivity contribution in [1.82, 2.24) is 34.4 Å². The van der Waals surface area contributed by atoms with Crippen molar-refractivity contribution in [2.24, 2.45) is 11.8 Å². The van der Waals surface area contributed by atoms with E-state index in [2.05, 4.69) is 27.1 Å². The Balaban J connectivity index is 1.01. The summed E-state index contributed by atoms with van der Waals surface area (Å²) in [6.07, 6.45) is 8.28. The monoisotopic (exact) mass is 653 g/mol. The molecular weight excluding hydrogens is 606 g/mol. The number of fused-ring (bicyclic) bond motifs is 1. The van der Waals surface area contributed by atoms with Crippen molar-refractivity contribution in [3.05, 3.63) is 76.5 Å². The number of aromatic nitrogens is 4. The van der Waals surface area contributed by atoms with E-state index >= 15 is 0 Å². The number of benzene rings is 2. The van der Waals surface area contributed by atoms with Gasteiger partial charge in [-0.3, -0.25) is 14.5 Å². The summed E-state index contributed by atoms with van der Waals surface area (Å²) in [6, 6.07) is 13.8. The number of hydrogen-bond acceptors (Lipinski definition) is 6. The third kappa shape index (κ3) is 6.92. The minimum atomic E-state index is -0.917. The third-order valence-electron chi connectivity index (χ3n) is 11.0. The molecule has 3 saturated heterocycles. The van der Waals surface area contributed by atoms with Crippen LogP contribution in [-0.4, -0.2) is 98.9 Å². The van der Waals surface area contributed by atoms with Crippen LogP contribution < -0.4 is 5.69 Å². The van der Waals surface area contributed by atoms with Gasteiger partial charge in [0.2, 0.25) is 0 Å². The maximum atomic E-state index is 14.1. The molecule has 1 atom stereocenters. The smallest absolute Gasteiger partial charge is 0.410 e. The number of likely N-dealkylation sites (tertiary alicyclic amines) is 3. The topological polar surface area (TPSA) is 120 Å². The van der Waals surface area contributed by atoms with Crippen LogP contribution in [0, 0.1) is 18.8 Å². The van der Waals surface area contributed by atoms with E-state index < -0.39 is 12.2 Å². The van der Waals surface area contributed by atoms with E-state index in [1.807, 2.05) is 60.5 Å². The number of piperidine rings is 3. The second kappa shape index (κ2) is 14.0. The van der Waals surface area contributed by atoms with Gasteiger partial charge in [0.1, 0.15) is 0 Å². The Labute approximate surface area is 281 Å². The van der Waals surface area contributed by atoms with E-state index in [0.717, 1.165) is 65.1 Å². The number of H-pyrrole nitrogens is 2. The number of rotatable bonds is 7. The van der Waals surface area contributed by atoms with Crippen LogP contribution in [0.4, 0.5) is 4.79 Å². The summed E-state index contributed by atoms with van der Waals surface area (Å²) in [5.74, 6) is 1.26. The molecule has 2 N–H and O–H groups in total. The first-order valence-electron chi connectivity index (χ1n) is 17.5. The molecule has 11 nitrogen and oxygen atoms in total. The Bertz CT molecular complexity index is 1770. The van der Waals surface area contributed by atoms with E-state index in [1.54, 1.807) is 15.7 Å². The van der Waals surface area contributed by atoms with Gasteiger partial charge in [-0.05, 0) is 100 Å². The number of carbonyl (C=O) groups is 2. The second-order valence-electron chi connectivity index (χ2n) is 14.1. The maximum Gasteiger partial charge on any atom is 0.410 e. The van der Waals surface area contributed by atoms with Crippen LogP contribution in [0.15, 0.2) is 59.7 Å². The lowest BCUT2D eigenvalue weighted by Gasteiger charge is -2.40. The summed E-state index contributed by atoms with van der Waals surface area (Å²) < 4.78 is 7.87. The van der Waals surface area contributed by atoms with Crippen molar-refractivity contribution in [2.75, 3.05) is 46.3 Å². The minimum Gasteiger partial charge on any atom is -0.436 e. The third-order valence-corrected chi connectivity index (χ3v) is 11.0. The number of carbonyl (C=O) groups excluding carboxylic acids is 2. The molecule has 0 saturated carbocycles. The van der Waals surface area contributed by atoms with Crippen LogP contribution >= 0.6 is 0 Å². The molecule has 0 unspecified atom stereocenters. The Morgan fingerprint density at radius 2 is 1.58 bits per heavy atom. The van der Waals surface area contributed by atoms with Crippen LogP contribution in [0.5, 0.6) is 0 Å². The summed E-state index contributed by atoms with van der Waals surface area (Å²) in [5.41, 5.74) is 4.53. The lowest BCUT2D eigenvalue weighted by atomic mass is 9.79. The van der Waals surface area contributed by atoms with Gasteiger partial charge in [0.15, 0.2) is 6.10 Å². The molecule has 2 aromatic heterocycles. The molecule has 3 aliphatic heterocycles. The highest BCUT2D eigenvalue weighted by Gasteiger charge is 2.36. The largest absolute Gasteiger partial charge is 0.436 e. The zero-order valence-corrected chi connectivity index (χ0v) is 28.1. The van der Waals surface area contributed by atoms with E-state index in [1.165, 1.54) is 12.8 Å². The number of aryl methyl sites for hydroxylation is 1. The molecule has 3 aliphatic rings. The van der Waals surface area contributed by atoms with E-state index in [-0.39, 0.29) is 17.6 Å². The average Bonchev–Trinajstić information content (AvgIpc) is 3.76. The highest BCUT2D eigenvalue weighted by molar-refractivity contribution is 5.85. The van der Waals surface area contributed by atoms with Crippen LogP contribution in [0.25, 0.3) is 22.2 Å². The Kier molecular flexibility index (Phi) is 9.39. The normalized spacial score (nSPS) is 19.5. The summed E-state index contributed by atoms with van der Waals surface area (Å²) >= 11 is 0. The number of aromatic amines is 2. The Hall–Kier alpha value is -4.38. The first-order chi connectivity index (χ1) is 23.3. The molecule has 0 bridgehead atoms. The summed E-state index contributed by atoms with van der Waals surface area (Å²) in [6.45, 7) is 6.61. The SMILES string of the molecule is Cc1cc(C[C@@H](OC(=O)N2CCC(n3cc(-c4ccccc4)[nH]c3=O)CC2)C(=O)N2CCC(C3CCN(C)CC3)CC2)cc2cn[nH]c12. The van der Waals surface area contributed by atoms with Crippen molar-refractivity contribution in [3.63, 3.8) is 0 Å². The maximum absolute atomic E-state index is 14.1. The van der Waals surface area contributed by atoms with Crippen molar-refractivity contribution < 1.29 is 14.3 Å². The predicted molar refractivity (Wildman–Crippen MR) is 185 cm³/mol. The zero-order chi connectivity index (χ0) is 33.2. The van der Waals surface area contributed by atoms with Gasteiger partial charge in [0.25, 0.3) is 5.91 Å². The zero-order valence-electron chi connectivity index (χ0n) is 28.1. The molecule has 3 fully saturated rings. The standard InChI is InChI=1S/C37H47N7O4/c1-25-20-26(21-30-23-38-40-34(25)30)22-33(35(45)42-16-10-28(11-17-42)27-8-14-41(2)15-9-27)48-37(47)43-18-12-31(13-19-43)44-24-32(39-36(44)46)29-6-4-3-5-7-29/h3-7,20-21,23-24,27-28,31,33H,8-19,22H2,1-2H3,(H,38,40)(H,39,46)/t33-/m1/s1. The highest BCUT2D eigenvalue weighted by Crippen LogP contribution is 2.33. The van der Waals surface area contributed by atoms with E-state index in [9.17, 15) is 14.4 Å². The summed E-state index contributed by atoms with van der Waals surface area (Å²) in [7, 11) is 2.19. The number of nitrogens with one attached hydrogen (secondary N) is 2. The van der Waals surface area contributed by atoms with E-state index in [4.69, 9.17) is 4.74 Å². The fraction of sp³-hybridized carbons (Fsp3) is 0.514. The molecule has 7 rings (SSSR count). The molecule has 48 heavy (non-hydrogen) atoms. The van der Waals surface area contributed by atoms with Crippen LogP contribution in [0.2, 0.25) is 0 Å². The molecule has 2 amide bonds. The predicted octanol–water partition coefficient (Wildman–Crippen LogP) is 4.99. The average molecular weight is 654 g/mol. The van der Waals surface area contributed by atoms with Gasteiger partial charge in [-0.25, -0.2) is 9.59 Å². The molecule has 0 radical (unpaired) electrons. The Morgan fingerprint density at radius 1 is 0.917 bits per heavy atom. The van der Waals surface area contributed by atoms with Crippen molar-refractivity contribution in [3.8, 4) is 11.3 Å². The fourth-order valence-corrected chi connectivity index (χ4v) is 8.09. The van der Waals surface area contributed by atoms with Crippen molar-refractivity contribution in [1.29, 1.82) is 0 Å². The number of ether oxygens (including phenoxy) is 1. The Morgan fingerprint density at radius 3 is 2.29 bits per heavy atom. The minimum absolute atomic E-state index is 0.0248. The molecular formula is C37H47N7O4. The van der Waals surface area contributed by atoms with Crippen molar-refractivity contribution in [2.45, 2.75) is 64.0 Å². The molecule has 4 aromatic rings. The van der Waals surface area contributed by atoms with Crippen LogP contribution in [0.1, 0.15) is 55.7 Å². The lowest BCUT2D eigenvalue weighted by Crippen LogP contribution is -2.49. The van der Waals surface area contributed by atoms with Crippen LogP contribution in [0.3, 0.4) is 0 Å². The van der Waals surface area contributed by atoms with Gasteiger partial charge in [-0.1, -0.05) is 36.4 Å². The van der Waals surface area contributed by atoms with E-state index in [0.29, 0.717) is 51.4 Å². The quantitative estimate of drug-likeness (QED) is 0.290. The molecule has 11 heteroatoms. The first-order valence-corrected chi connectivity index (χ1v) is 17.5. The molecule has 0 aliphatic carbocycles. The second-order valence-corrected chi connectivity index (χ2v) is 14.1. The van der Waals surface area contributed by atoms with Gasteiger partial charge in [0.05, 0.1) is 17.4 Å². The van der Waals surface area contributed by atoms with Gasteiger partial charge in [-0.15, -0.1) is 0 Å². The highest BCUT2D eigenvalue weighted by atomic mass is 16.6. The van der Waals surface area contributed by atoms with Gasteiger partial charge in [-0.2, -0.15) is 5.10 Å². The number of imidazole rings is 1. The molecule has 0 spiro atoms. The van der Waals surface area contributed by atoms with Crippen LogP contribution in [-0.2, 0) is 16.0 Å². The number of hydrogen-bond donors (Lipinski definition) is 2.